The molecule has 2 N–H and O–H groups in total. The number of carbonyl (C=O) groups excluding carboxylic acids is 1. The van der Waals surface area contributed by atoms with Crippen LogP contribution >= 0.6 is 0 Å². The van der Waals surface area contributed by atoms with Crippen molar-refractivity contribution in [1.29, 1.82) is 0 Å². The number of rotatable bonds is 5. The Morgan fingerprint density at radius 2 is 2.27 bits per heavy atom. The maximum absolute atomic E-state index is 11.9. The fourth-order valence-corrected chi connectivity index (χ4v) is 1.39. The lowest BCUT2D eigenvalue weighted by Crippen LogP contribution is -2.32. The number of nitrogens with zero attached hydrogens (tertiary/aromatic N) is 1. The van der Waals surface area contributed by atoms with E-state index in [2.05, 4.69) is 0 Å². The summed E-state index contributed by atoms with van der Waals surface area (Å²) in [6.45, 7) is 5.74. The van der Waals surface area contributed by atoms with E-state index in [0.717, 1.165) is 12.2 Å². The van der Waals surface area contributed by atoms with Gasteiger partial charge >= 0.3 is 0 Å². The minimum absolute atomic E-state index is 0.0564. The number of aryl methyl sites for hydroxylation is 1. The maximum Gasteiger partial charge on any atom is 0.289 e. The molecule has 1 aromatic rings. The first kappa shape index (κ1) is 11.8. The first-order valence-electron chi connectivity index (χ1n) is 5.24. The van der Waals surface area contributed by atoms with Gasteiger partial charge in [-0.05, 0) is 38.9 Å². The van der Waals surface area contributed by atoms with Gasteiger partial charge in [-0.25, -0.2) is 0 Å². The molecular weight excluding hydrogens is 192 g/mol. The fourth-order valence-electron chi connectivity index (χ4n) is 1.39. The molecule has 84 valence electrons. The first-order valence-corrected chi connectivity index (χ1v) is 5.24. The highest BCUT2D eigenvalue weighted by atomic mass is 16.3. The molecule has 0 spiro atoms. The van der Waals surface area contributed by atoms with Gasteiger partial charge in [-0.2, -0.15) is 0 Å². The third-order valence-corrected chi connectivity index (χ3v) is 2.25. The monoisotopic (exact) mass is 210 g/mol. The quantitative estimate of drug-likeness (QED) is 0.799. The van der Waals surface area contributed by atoms with Crippen LogP contribution in [-0.4, -0.2) is 30.4 Å². The number of furan rings is 1. The molecule has 0 aliphatic heterocycles. The molecule has 1 heterocycles. The highest BCUT2D eigenvalue weighted by Crippen LogP contribution is 2.09. The van der Waals surface area contributed by atoms with Crippen LogP contribution < -0.4 is 5.73 Å². The molecule has 0 aliphatic rings. The number of hydrogen-bond acceptors (Lipinski definition) is 3. The van der Waals surface area contributed by atoms with E-state index in [4.69, 9.17) is 10.2 Å². The lowest BCUT2D eigenvalue weighted by atomic mass is 10.3. The van der Waals surface area contributed by atoms with E-state index in [1.54, 1.807) is 17.0 Å². The van der Waals surface area contributed by atoms with Gasteiger partial charge in [0.15, 0.2) is 5.76 Å². The van der Waals surface area contributed by atoms with Gasteiger partial charge in [0, 0.05) is 13.1 Å². The molecule has 0 aliphatic carbocycles. The Morgan fingerprint density at radius 3 is 2.73 bits per heavy atom. The van der Waals surface area contributed by atoms with Crippen LogP contribution in [0.15, 0.2) is 16.5 Å². The second-order valence-corrected chi connectivity index (χ2v) is 3.44. The molecule has 0 fully saturated rings. The largest absolute Gasteiger partial charge is 0.456 e. The predicted molar refractivity (Wildman–Crippen MR) is 58.7 cm³/mol. The van der Waals surface area contributed by atoms with E-state index in [1.165, 1.54) is 0 Å². The molecule has 0 saturated carbocycles. The van der Waals surface area contributed by atoms with Crippen molar-refractivity contribution >= 4 is 5.91 Å². The van der Waals surface area contributed by atoms with E-state index in [0.29, 0.717) is 25.4 Å². The lowest BCUT2D eigenvalue weighted by Gasteiger charge is -2.18. The SMILES string of the molecule is CCN(CCCN)C(=O)c1ccc(C)o1. The normalized spacial score (nSPS) is 10.3. The summed E-state index contributed by atoms with van der Waals surface area (Å²) in [4.78, 5) is 13.6. The number of carbonyl (C=O) groups is 1. The summed E-state index contributed by atoms with van der Waals surface area (Å²) >= 11 is 0. The van der Waals surface area contributed by atoms with E-state index in [-0.39, 0.29) is 5.91 Å². The van der Waals surface area contributed by atoms with Crippen LogP contribution in [0.1, 0.15) is 29.7 Å². The van der Waals surface area contributed by atoms with Crippen LogP contribution in [0, 0.1) is 6.92 Å². The summed E-state index contributed by atoms with van der Waals surface area (Å²) in [5.41, 5.74) is 5.41. The third-order valence-electron chi connectivity index (χ3n) is 2.25. The zero-order valence-electron chi connectivity index (χ0n) is 9.32. The molecule has 0 radical (unpaired) electrons. The topological polar surface area (TPSA) is 59.5 Å². The van der Waals surface area contributed by atoms with Crippen LogP contribution in [-0.2, 0) is 0 Å². The Bertz CT molecular complexity index is 320. The van der Waals surface area contributed by atoms with Crippen molar-refractivity contribution in [2.45, 2.75) is 20.3 Å². The Labute approximate surface area is 90.0 Å². The van der Waals surface area contributed by atoms with Gasteiger partial charge in [-0.3, -0.25) is 4.79 Å². The molecule has 1 amide bonds. The summed E-state index contributed by atoms with van der Waals surface area (Å²) in [5, 5.41) is 0. The highest BCUT2D eigenvalue weighted by Gasteiger charge is 2.16. The molecule has 4 nitrogen and oxygen atoms in total. The number of amides is 1. The van der Waals surface area contributed by atoms with Crippen molar-refractivity contribution in [3.8, 4) is 0 Å². The second-order valence-electron chi connectivity index (χ2n) is 3.44. The van der Waals surface area contributed by atoms with Crippen molar-refractivity contribution in [3.05, 3.63) is 23.7 Å². The molecule has 4 heteroatoms. The van der Waals surface area contributed by atoms with Gasteiger partial charge in [0.25, 0.3) is 5.91 Å². The van der Waals surface area contributed by atoms with Gasteiger partial charge < -0.3 is 15.1 Å². The Morgan fingerprint density at radius 1 is 1.53 bits per heavy atom. The fraction of sp³-hybridized carbons (Fsp3) is 0.545. The van der Waals surface area contributed by atoms with Crippen molar-refractivity contribution < 1.29 is 9.21 Å². The summed E-state index contributed by atoms with van der Waals surface area (Å²) in [5.74, 6) is 1.11. The van der Waals surface area contributed by atoms with Gasteiger partial charge in [-0.15, -0.1) is 0 Å². The molecule has 1 rings (SSSR count). The van der Waals surface area contributed by atoms with Crippen LogP contribution in [0.2, 0.25) is 0 Å². The second kappa shape index (κ2) is 5.56. The number of nitrogens with two attached hydrogens (primary N) is 1. The van der Waals surface area contributed by atoms with Gasteiger partial charge in [-0.1, -0.05) is 0 Å². The zero-order chi connectivity index (χ0) is 11.3. The minimum atomic E-state index is -0.0564. The summed E-state index contributed by atoms with van der Waals surface area (Å²) in [7, 11) is 0. The third kappa shape index (κ3) is 3.09. The summed E-state index contributed by atoms with van der Waals surface area (Å²) in [6, 6.07) is 3.51. The van der Waals surface area contributed by atoms with Crippen molar-refractivity contribution in [1.82, 2.24) is 4.90 Å². The van der Waals surface area contributed by atoms with E-state index in [9.17, 15) is 4.79 Å². The zero-order valence-corrected chi connectivity index (χ0v) is 9.32. The molecule has 0 aromatic carbocycles. The van der Waals surface area contributed by atoms with Crippen LogP contribution in [0.3, 0.4) is 0 Å². The maximum atomic E-state index is 11.9. The van der Waals surface area contributed by atoms with E-state index >= 15 is 0 Å². The standard InChI is InChI=1S/C11H18N2O2/c1-3-13(8-4-7-12)11(14)10-6-5-9(2)15-10/h5-6H,3-4,7-8,12H2,1-2H3. The van der Waals surface area contributed by atoms with Gasteiger partial charge in [0.1, 0.15) is 5.76 Å². The Balaban J connectivity index is 2.64. The predicted octanol–water partition coefficient (Wildman–Crippen LogP) is 1.40. The Kier molecular flexibility index (Phi) is 4.37. The average Bonchev–Trinajstić information content (AvgIpc) is 2.65. The van der Waals surface area contributed by atoms with Crippen molar-refractivity contribution in [3.63, 3.8) is 0 Å². The Hall–Kier alpha value is -1.29. The minimum Gasteiger partial charge on any atom is -0.456 e. The smallest absolute Gasteiger partial charge is 0.289 e. The number of hydrogen-bond donors (Lipinski definition) is 1. The summed E-state index contributed by atoms with van der Waals surface area (Å²) < 4.78 is 5.29. The van der Waals surface area contributed by atoms with Crippen molar-refractivity contribution in [2.75, 3.05) is 19.6 Å². The molecule has 1 aromatic heterocycles. The molecule has 0 atom stereocenters. The van der Waals surface area contributed by atoms with E-state index < -0.39 is 0 Å². The van der Waals surface area contributed by atoms with Crippen LogP contribution in [0.4, 0.5) is 0 Å². The molecule has 0 bridgehead atoms. The lowest BCUT2D eigenvalue weighted by molar-refractivity contribution is 0.0730. The molecule has 0 unspecified atom stereocenters. The van der Waals surface area contributed by atoms with E-state index in [1.807, 2.05) is 13.8 Å². The summed E-state index contributed by atoms with van der Waals surface area (Å²) in [6.07, 6.45) is 0.819. The first-order chi connectivity index (χ1) is 7.19. The molecular formula is C11H18N2O2. The van der Waals surface area contributed by atoms with Gasteiger partial charge in [0.05, 0.1) is 0 Å². The molecule has 15 heavy (non-hydrogen) atoms. The van der Waals surface area contributed by atoms with Crippen LogP contribution in [0.25, 0.3) is 0 Å². The average molecular weight is 210 g/mol. The van der Waals surface area contributed by atoms with Crippen LogP contribution in [0.5, 0.6) is 0 Å². The molecule has 0 saturated heterocycles. The van der Waals surface area contributed by atoms with Crippen molar-refractivity contribution in [2.24, 2.45) is 5.73 Å². The van der Waals surface area contributed by atoms with Gasteiger partial charge in [0.2, 0.25) is 0 Å². The highest BCUT2D eigenvalue weighted by molar-refractivity contribution is 5.91.